The van der Waals surface area contributed by atoms with Gasteiger partial charge in [0.25, 0.3) is 5.91 Å². The van der Waals surface area contributed by atoms with Gasteiger partial charge < -0.3 is 4.90 Å². The number of hydrogen-bond acceptors (Lipinski definition) is 2. The standard InChI is InChI=1S/C12H14ClF3N2O/c1-3-4-18(7-12(14,15)16)11(19)9-5-8(2)17-10(13)6-9/h5-6H,3-4,7H2,1-2H3. The summed E-state index contributed by atoms with van der Waals surface area (Å²) in [5.74, 6) is -0.688. The van der Waals surface area contributed by atoms with Gasteiger partial charge in [-0.15, -0.1) is 0 Å². The number of aryl methyl sites for hydroxylation is 1. The van der Waals surface area contributed by atoms with E-state index >= 15 is 0 Å². The van der Waals surface area contributed by atoms with Crippen molar-refractivity contribution in [1.29, 1.82) is 0 Å². The molecular formula is C12H14ClF3N2O. The number of amides is 1. The predicted molar refractivity (Wildman–Crippen MR) is 66.2 cm³/mol. The number of alkyl halides is 3. The summed E-state index contributed by atoms with van der Waals surface area (Å²) in [4.78, 5) is 16.7. The number of pyridine rings is 1. The lowest BCUT2D eigenvalue weighted by Gasteiger charge is -2.23. The lowest BCUT2D eigenvalue weighted by Crippen LogP contribution is -2.39. The zero-order valence-corrected chi connectivity index (χ0v) is 11.3. The number of nitrogens with zero attached hydrogens (tertiary/aromatic N) is 2. The number of carbonyl (C=O) groups excluding carboxylic acids is 1. The molecule has 1 aromatic rings. The van der Waals surface area contributed by atoms with Gasteiger partial charge in [-0.1, -0.05) is 18.5 Å². The van der Waals surface area contributed by atoms with Crippen molar-refractivity contribution in [2.75, 3.05) is 13.1 Å². The van der Waals surface area contributed by atoms with Crippen LogP contribution in [0, 0.1) is 6.92 Å². The molecular weight excluding hydrogens is 281 g/mol. The number of halogens is 4. The average Bonchev–Trinajstić information content (AvgIpc) is 2.24. The molecule has 7 heteroatoms. The van der Waals surface area contributed by atoms with Crippen LogP contribution in [0.2, 0.25) is 5.15 Å². The van der Waals surface area contributed by atoms with Crippen molar-refractivity contribution in [3.8, 4) is 0 Å². The molecule has 0 aliphatic heterocycles. The summed E-state index contributed by atoms with van der Waals surface area (Å²) < 4.78 is 37.3. The average molecular weight is 295 g/mol. The predicted octanol–water partition coefficient (Wildman–Crippen LogP) is 3.46. The summed E-state index contributed by atoms with van der Waals surface area (Å²) >= 11 is 5.70. The summed E-state index contributed by atoms with van der Waals surface area (Å²) in [5, 5.41) is 0.0896. The zero-order chi connectivity index (χ0) is 14.6. The number of carbonyl (C=O) groups is 1. The fraction of sp³-hybridized carbons (Fsp3) is 0.500. The van der Waals surface area contributed by atoms with E-state index in [0.29, 0.717) is 12.1 Å². The van der Waals surface area contributed by atoms with E-state index in [1.54, 1.807) is 13.8 Å². The normalized spacial score (nSPS) is 11.5. The second-order valence-electron chi connectivity index (χ2n) is 4.16. The van der Waals surface area contributed by atoms with Gasteiger partial charge in [0.2, 0.25) is 0 Å². The summed E-state index contributed by atoms with van der Waals surface area (Å²) in [6.45, 7) is 2.11. The summed E-state index contributed by atoms with van der Waals surface area (Å²) in [6, 6.07) is 2.70. The first-order valence-electron chi connectivity index (χ1n) is 5.73. The Balaban J connectivity index is 2.98. The molecule has 1 amide bonds. The highest BCUT2D eigenvalue weighted by atomic mass is 35.5. The van der Waals surface area contributed by atoms with Crippen LogP contribution in [0.4, 0.5) is 13.2 Å². The topological polar surface area (TPSA) is 33.2 Å². The summed E-state index contributed by atoms with van der Waals surface area (Å²) in [7, 11) is 0. The summed E-state index contributed by atoms with van der Waals surface area (Å²) in [5.41, 5.74) is 0.606. The molecule has 1 aromatic heterocycles. The Morgan fingerprint density at radius 1 is 1.42 bits per heavy atom. The van der Waals surface area contributed by atoms with E-state index in [4.69, 9.17) is 11.6 Å². The van der Waals surface area contributed by atoms with Crippen molar-refractivity contribution in [1.82, 2.24) is 9.88 Å². The smallest absolute Gasteiger partial charge is 0.330 e. The molecule has 0 unspecified atom stereocenters. The second-order valence-corrected chi connectivity index (χ2v) is 4.55. The Hall–Kier alpha value is -1.30. The van der Waals surface area contributed by atoms with E-state index in [9.17, 15) is 18.0 Å². The zero-order valence-electron chi connectivity index (χ0n) is 10.6. The van der Waals surface area contributed by atoms with Crippen LogP contribution in [-0.2, 0) is 0 Å². The van der Waals surface area contributed by atoms with Gasteiger partial charge in [0.05, 0.1) is 0 Å². The van der Waals surface area contributed by atoms with Crippen molar-refractivity contribution in [2.45, 2.75) is 26.4 Å². The van der Waals surface area contributed by atoms with Gasteiger partial charge in [0, 0.05) is 17.8 Å². The van der Waals surface area contributed by atoms with Crippen LogP contribution in [0.15, 0.2) is 12.1 Å². The summed E-state index contributed by atoms with van der Waals surface area (Å²) in [6.07, 6.45) is -3.98. The van der Waals surface area contributed by atoms with E-state index in [0.717, 1.165) is 4.90 Å². The first-order valence-corrected chi connectivity index (χ1v) is 6.11. The van der Waals surface area contributed by atoms with Gasteiger partial charge in [0.1, 0.15) is 11.7 Å². The van der Waals surface area contributed by atoms with Gasteiger partial charge >= 0.3 is 6.18 Å². The molecule has 0 saturated carbocycles. The first-order chi connectivity index (χ1) is 8.73. The molecule has 0 atom stereocenters. The fourth-order valence-electron chi connectivity index (χ4n) is 1.67. The molecule has 0 radical (unpaired) electrons. The van der Waals surface area contributed by atoms with Crippen LogP contribution in [0.3, 0.4) is 0 Å². The molecule has 0 aromatic carbocycles. The molecule has 0 aliphatic rings. The Labute approximate surface area is 114 Å². The highest BCUT2D eigenvalue weighted by Gasteiger charge is 2.33. The molecule has 106 valence electrons. The lowest BCUT2D eigenvalue weighted by molar-refractivity contribution is -0.140. The van der Waals surface area contributed by atoms with E-state index < -0.39 is 18.6 Å². The van der Waals surface area contributed by atoms with E-state index in [2.05, 4.69) is 4.98 Å². The van der Waals surface area contributed by atoms with Crippen molar-refractivity contribution < 1.29 is 18.0 Å². The molecule has 1 heterocycles. The molecule has 3 nitrogen and oxygen atoms in total. The second kappa shape index (κ2) is 6.23. The first kappa shape index (κ1) is 15.8. The number of aromatic nitrogens is 1. The fourth-order valence-corrected chi connectivity index (χ4v) is 1.92. The maximum Gasteiger partial charge on any atom is 0.406 e. The van der Waals surface area contributed by atoms with Gasteiger partial charge in [-0.3, -0.25) is 4.79 Å². The van der Waals surface area contributed by atoms with Crippen molar-refractivity contribution in [3.05, 3.63) is 28.5 Å². The minimum absolute atomic E-state index is 0.0390. The Morgan fingerprint density at radius 2 is 2.05 bits per heavy atom. The van der Waals surface area contributed by atoms with Crippen molar-refractivity contribution in [3.63, 3.8) is 0 Å². The molecule has 0 saturated heterocycles. The highest BCUT2D eigenvalue weighted by molar-refractivity contribution is 6.29. The van der Waals surface area contributed by atoms with Crippen LogP contribution in [0.25, 0.3) is 0 Å². The maximum atomic E-state index is 12.4. The van der Waals surface area contributed by atoms with Crippen LogP contribution >= 0.6 is 11.6 Å². The van der Waals surface area contributed by atoms with Crippen LogP contribution < -0.4 is 0 Å². The van der Waals surface area contributed by atoms with E-state index in [1.807, 2.05) is 0 Å². The third kappa shape index (κ3) is 5.06. The lowest BCUT2D eigenvalue weighted by atomic mass is 10.2. The van der Waals surface area contributed by atoms with Gasteiger partial charge in [-0.2, -0.15) is 13.2 Å². The van der Waals surface area contributed by atoms with E-state index in [1.165, 1.54) is 12.1 Å². The third-order valence-electron chi connectivity index (χ3n) is 2.32. The van der Waals surface area contributed by atoms with Crippen LogP contribution in [-0.4, -0.2) is 35.1 Å². The minimum atomic E-state index is -4.42. The van der Waals surface area contributed by atoms with Crippen molar-refractivity contribution in [2.24, 2.45) is 0 Å². The largest absolute Gasteiger partial charge is 0.406 e. The molecule has 0 spiro atoms. The number of rotatable bonds is 4. The Morgan fingerprint density at radius 3 is 2.53 bits per heavy atom. The monoisotopic (exact) mass is 294 g/mol. The minimum Gasteiger partial charge on any atom is -0.330 e. The molecule has 0 aliphatic carbocycles. The number of hydrogen-bond donors (Lipinski definition) is 0. The Kier molecular flexibility index (Phi) is 5.17. The van der Waals surface area contributed by atoms with Gasteiger partial charge in [-0.05, 0) is 25.5 Å². The third-order valence-corrected chi connectivity index (χ3v) is 2.51. The molecule has 0 fully saturated rings. The molecule has 19 heavy (non-hydrogen) atoms. The molecule has 1 rings (SSSR count). The SMILES string of the molecule is CCCN(CC(F)(F)F)C(=O)c1cc(C)nc(Cl)c1. The highest BCUT2D eigenvalue weighted by Crippen LogP contribution is 2.19. The maximum absolute atomic E-state index is 12.4. The van der Waals surface area contributed by atoms with Gasteiger partial charge in [0.15, 0.2) is 0 Å². The Bertz CT molecular complexity index is 443. The van der Waals surface area contributed by atoms with E-state index in [-0.39, 0.29) is 17.3 Å². The molecule has 0 bridgehead atoms. The van der Waals surface area contributed by atoms with Crippen LogP contribution in [0.1, 0.15) is 29.4 Å². The van der Waals surface area contributed by atoms with Crippen molar-refractivity contribution >= 4 is 17.5 Å². The molecule has 0 N–H and O–H groups in total. The van der Waals surface area contributed by atoms with Crippen LogP contribution in [0.5, 0.6) is 0 Å². The van der Waals surface area contributed by atoms with Gasteiger partial charge in [-0.25, -0.2) is 4.98 Å². The quantitative estimate of drug-likeness (QED) is 0.797.